The van der Waals surface area contributed by atoms with Crippen molar-refractivity contribution in [3.63, 3.8) is 0 Å². The van der Waals surface area contributed by atoms with Crippen LogP contribution in [0.5, 0.6) is 5.75 Å². The standard InChI is InChI=1S/C18H17N3O2/c1-13(14-7-3-2-4-8-14)20-12-15(11-19)18(23)21-16-9-5-6-10-17(16)22/h2-10,12-13,20,22H,1H3,(H,21,23)/b15-12-. The molecule has 0 aliphatic rings. The van der Waals surface area contributed by atoms with Crippen LogP contribution in [0, 0.1) is 11.3 Å². The lowest BCUT2D eigenvalue weighted by atomic mass is 10.1. The number of carbonyl (C=O) groups excluding carboxylic acids is 1. The first-order valence-corrected chi connectivity index (χ1v) is 7.12. The average molecular weight is 307 g/mol. The molecule has 0 fully saturated rings. The van der Waals surface area contributed by atoms with Gasteiger partial charge in [-0.05, 0) is 24.6 Å². The van der Waals surface area contributed by atoms with Crippen LogP contribution >= 0.6 is 0 Å². The van der Waals surface area contributed by atoms with Crippen LogP contribution in [0.1, 0.15) is 18.5 Å². The largest absolute Gasteiger partial charge is 0.506 e. The van der Waals surface area contributed by atoms with Gasteiger partial charge in [-0.3, -0.25) is 4.79 Å². The van der Waals surface area contributed by atoms with Crippen LogP contribution < -0.4 is 10.6 Å². The predicted molar refractivity (Wildman–Crippen MR) is 88.4 cm³/mol. The van der Waals surface area contributed by atoms with E-state index in [1.54, 1.807) is 18.2 Å². The molecule has 0 radical (unpaired) electrons. The number of carbonyl (C=O) groups is 1. The minimum atomic E-state index is -0.582. The van der Waals surface area contributed by atoms with Gasteiger partial charge in [0.15, 0.2) is 0 Å². The summed E-state index contributed by atoms with van der Waals surface area (Å²) in [5.74, 6) is -0.634. The Kier molecular flexibility index (Phi) is 5.37. The summed E-state index contributed by atoms with van der Waals surface area (Å²) in [5, 5.41) is 24.3. The van der Waals surface area contributed by atoms with Gasteiger partial charge >= 0.3 is 0 Å². The van der Waals surface area contributed by atoms with Crippen molar-refractivity contribution >= 4 is 11.6 Å². The summed E-state index contributed by atoms with van der Waals surface area (Å²) in [5.41, 5.74) is 1.23. The van der Waals surface area contributed by atoms with Gasteiger partial charge in [-0.2, -0.15) is 5.26 Å². The van der Waals surface area contributed by atoms with Crippen molar-refractivity contribution in [2.75, 3.05) is 5.32 Å². The Balaban J connectivity index is 2.05. The molecule has 116 valence electrons. The highest BCUT2D eigenvalue weighted by Crippen LogP contribution is 2.22. The quantitative estimate of drug-likeness (QED) is 0.450. The van der Waals surface area contributed by atoms with Crippen LogP contribution in [-0.4, -0.2) is 11.0 Å². The van der Waals surface area contributed by atoms with E-state index in [0.29, 0.717) is 0 Å². The maximum Gasteiger partial charge on any atom is 0.267 e. The SMILES string of the molecule is CC(N/C=C(/C#N)C(=O)Nc1ccccc1O)c1ccccc1. The van der Waals surface area contributed by atoms with Crippen LogP contribution in [0.15, 0.2) is 66.4 Å². The Labute approximate surface area is 134 Å². The van der Waals surface area contributed by atoms with Gasteiger partial charge in [0.05, 0.1) is 5.69 Å². The number of phenolic OH excluding ortho intramolecular Hbond substituents is 1. The van der Waals surface area contributed by atoms with Crippen LogP contribution in [0.3, 0.4) is 0 Å². The van der Waals surface area contributed by atoms with Gasteiger partial charge < -0.3 is 15.7 Å². The van der Waals surface area contributed by atoms with E-state index in [-0.39, 0.29) is 23.1 Å². The summed E-state index contributed by atoms with van der Waals surface area (Å²) in [6.45, 7) is 1.93. The van der Waals surface area contributed by atoms with E-state index in [4.69, 9.17) is 5.26 Å². The number of hydrogen-bond donors (Lipinski definition) is 3. The molecule has 0 bridgehead atoms. The Morgan fingerprint density at radius 2 is 1.83 bits per heavy atom. The van der Waals surface area contributed by atoms with Gasteiger partial charge in [0.2, 0.25) is 0 Å². The van der Waals surface area contributed by atoms with Crippen LogP contribution in [0.4, 0.5) is 5.69 Å². The molecule has 2 aromatic carbocycles. The summed E-state index contributed by atoms with van der Waals surface area (Å²) in [4.78, 5) is 12.1. The van der Waals surface area contributed by atoms with E-state index in [0.717, 1.165) is 5.56 Å². The molecule has 0 aliphatic carbocycles. The molecule has 0 aromatic heterocycles. The van der Waals surface area contributed by atoms with Crippen molar-refractivity contribution < 1.29 is 9.90 Å². The molecule has 0 saturated heterocycles. The van der Waals surface area contributed by atoms with E-state index in [2.05, 4.69) is 10.6 Å². The summed E-state index contributed by atoms with van der Waals surface area (Å²) in [6, 6.07) is 17.8. The minimum absolute atomic E-state index is 0.0440. The Hall–Kier alpha value is -3.26. The highest BCUT2D eigenvalue weighted by Gasteiger charge is 2.12. The Bertz CT molecular complexity index is 748. The zero-order valence-electron chi connectivity index (χ0n) is 12.7. The number of aromatic hydroxyl groups is 1. The van der Waals surface area contributed by atoms with Crippen molar-refractivity contribution in [1.29, 1.82) is 5.26 Å². The lowest BCUT2D eigenvalue weighted by molar-refractivity contribution is -0.112. The normalized spacial score (nSPS) is 12.1. The molecule has 1 unspecified atom stereocenters. The number of rotatable bonds is 5. The third-order valence-corrected chi connectivity index (χ3v) is 3.29. The van der Waals surface area contributed by atoms with Gasteiger partial charge in [-0.25, -0.2) is 0 Å². The number of para-hydroxylation sites is 2. The highest BCUT2D eigenvalue weighted by molar-refractivity contribution is 6.07. The number of phenols is 1. The third kappa shape index (κ3) is 4.35. The van der Waals surface area contributed by atoms with Crippen LogP contribution in [0.2, 0.25) is 0 Å². The maximum absolute atomic E-state index is 12.1. The van der Waals surface area contributed by atoms with Gasteiger partial charge in [-0.1, -0.05) is 42.5 Å². The lowest BCUT2D eigenvalue weighted by Gasteiger charge is -2.12. The first-order valence-electron chi connectivity index (χ1n) is 7.12. The number of nitriles is 1. The fourth-order valence-corrected chi connectivity index (χ4v) is 1.96. The zero-order valence-corrected chi connectivity index (χ0v) is 12.7. The topological polar surface area (TPSA) is 85.2 Å². The summed E-state index contributed by atoms with van der Waals surface area (Å²) >= 11 is 0. The van der Waals surface area contributed by atoms with E-state index in [1.807, 2.05) is 43.3 Å². The summed E-state index contributed by atoms with van der Waals surface area (Å²) in [6.07, 6.45) is 1.38. The average Bonchev–Trinajstić information content (AvgIpc) is 2.58. The number of amides is 1. The molecule has 2 aromatic rings. The molecule has 1 atom stereocenters. The van der Waals surface area contributed by atoms with Gasteiger partial charge in [0.1, 0.15) is 17.4 Å². The Morgan fingerprint density at radius 3 is 2.48 bits per heavy atom. The minimum Gasteiger partial charge on any atom is -0.506 e. The van der Waals surface area contributed by atoms with Gasteiger partial charge in [-0.15, -0.1) is 0 Å². The fourth-order valence-electron chi connectivity index (χ4n) is 1.96. The molecular formula is C18H17N3O2. The molecule has 5 heteroatoms. The molecule has 3 N–H and O–H groups in total. The molecule has 5 nitrogen and oxygen atoms in total. The number of nitrogens with one attached hydrogen (secondary N) is 2. The van der Waals surface area contributed by atoms with Crippen molar-refractivity contribution in [2.24, 2.45) is 0 Å². The number of hydrogen-bond acceptors (Lipinski definition) is 4. The molecule has 0 spiro atoms. The van der Waals surface area contributed by atoms with Gasteiger partial charge in [0.25, 0.3) is 5.91 Å². The second kappa shape index (κ2) is 7.66. The number of benzene rings is 2. The van der Waals surface area contributed by atoms with E-state index in [9.17, 15) is 9.90 Å². The van der Waals surface area contributed by atoms with Crippen LogP contribution in [0.25, 0.3) is 0 Å². The molecule has 1 amide bonds. The van der Waals surface area contributed by atoms with E-state index >= 15 is 0 Å². The van der Waals surface area contributed by atoms with E-state index < -0.39 is 5.91 Å². The molecule has 2 rings (SSSR count). The molecule has 0 saturated carbocycles. The summed E-state index contributed by atoms with van der Waals surface area (Å²) < 4.78 is 0. The first kappa shape index (κ1) is 16.1. The number of nitrogens with zero attached hydrogens (tertiary/aromatic N) is 1. The Morgan fingerprint density at radius 1 is 1.17 bits per heavy atom. The molecular weight excluding hydrogens is 290 g/mol. The zero-order chi connectivity index (χ0) is 16.7. The smallest absolute Gasteiger partial charge is 0.267 e. The number of anilines is 1. The van der Waals surface area contributed by atoms with Crippen molar-refractivity contribution in [2.45, 2.75) is 13.0 Å². The molecule has 23 heavy (non-hydrogen) atoms. The van der Waals surface area contributed by atoms with Crippen molar-refractivity contribution in [3.8, 4) is 11.8 Å². The summed E-state index contributed by atoms with van der Waals surface area (Å²) in [7, 11) is 0. The monoisotopic (exact) mass is 307 g/mol. The third-order valence-electron chi connectivity index (χ3n) is 3.29. The second-order valence-corrected chi connectivity index (χ2v) is 4.94. The highest BCUT2D eigenvalue weighted by atomic mass is 16.3. The fraction of sp³-hybridized carbons (Fsp3) is 0.111. The molecule has 0 heterocycles. The first-order chi connectivity index (χ1) is 11.1. The predicted octanol–water partition coefficient (Wildman–Crippen LogP) is 3.09. The second-order valence-electron chi connectivity index (χ2n) is 4.94. The van der Waals surface area contributed by atoms with E-state index in [1.165, 1.54) is 12.3 Å². The molecule has 0 aliphatic heterocycles. The van der Waals surface area contributed by atoms with Gasteiger partial charge in [0, 0.05) is 12.2 Å². The lowest BCUT2D eigenvalue weighted by Crippen LogP contribution is -2.18. The van der Waals surface area contributed by atoms with Crippen molar-refractivity contribution in [1.82, 2.24) is 5.32 Å². The van der Waals surface area contributed by atoms with Crippen LogP contribution in [-0.2, 0) is 4.79 Å². The maximum atomic E-state index is 12.1. The van der Waals surface area contributed by atoms with Crippen molar-refractivity contribution in [3.05, 3.63) is 71.9 Å².